The van der Waals surface area contributed by atoms with Gasteiger partial charge in [0, 0.05) is 63.9 Å². The summed E-state index contributed by atoms with van der Waals surface area (Å²) in [6, 6.07) is 1.77. The second-order valence-electron chi connectivity index (χ2n) is 17.6. The van der Waals surface area contributed by atoms with Crippen LogP contribution in [0.1, 0.15) is 117 Å². The highest BCUT2D eigenvalue weighted by molar-refractivity contribution is 5.10. The standard InChI is InChI=1S/C39H74N6O/c1-28(33-12-13-34-32-11-10-29-25-31(46)14-16-38(29,2)35(32)15-17-39(33,34)3)26-42-18-6-7-30-27-45-37-9-5-4-8-36(37)44-24-22-41-20-19-40-21-23-43-30/h28-37,40-46H,4-27H2,1-3H3/t28-,29?,30-,31+,32?,33+,34?,35?,36+,37+,38-,39+/m0/s1. The third kappa shape index (κ3) is 8.19. The molecular weight excluding hydrogens is 568 g/mol. The van der Waals surface area contributed by atoms with Crippen LogP contribution in [0.15, 0.2) is 0 Å². The molecule has 7 N–H and O–H groups in total. The van der Waals surface area contributed by atoms with Crippen molar-refractivity contribution in [1.29, 1.82) is 0 Å². The predicted octanol–water partition coefficient (Wildman–Crippen LogP) is 4.65. The van der Waals surface area contributed by atoms with Gasteiger partial charge in [0.05, 0.1) is 6.10 Å². The van der Waals surface area contributed by atoms with E-state index in [1.807, 2.05) is 0 Å². The molecule has 6 aliphatic rings. The topological polar surface area (TPSA) is 92.4 Å². The molecular formula is C39H74N6O. The summed E-state index contributed by atoms with van der Waals surface area (Å²) in [5.74, 6) is 5.20. The monoisotopic (exact) mass is 643 g/mol. The normalized spacial score (nSPS) is 45.3. The lowest BCUT2D eigenvalue weighted by Gasteiger charge is -2.61. The van der Waals surface area contributed by atoms with Crippen molar-refractivity contribution >= 4 is 0 Å². The average Bonchev–Trinajstić information content (AvgIpc) is 3.41. The van der Waals surface area contributed by atoms with Crippen LogP contribution in [-0.4, -0.2) is 88.2 Å². The number of rotatable bonds is 7. The van der Waals surface area contributed by atoms with Crippen LogP contribution >= 0.6 is 0 Å². The molecule has 46 heavy (non-hydrogen) atoms. The van der Waals surface area contributed by atoms with E-state index in [-0.39, 0.29) is 6.10 Å². The van der Waals surface area contributed by atoms with E-state index < -0.39 is 0 Å². The lowest BCUT2D eigenvalue weighted by atomic mass is 9.44. The van der Waals surface area contributed by atoms with Crippen molar-refractivity contribution in [2.24, 2.45) is 46.3 Å². The molecule has 0 aromatic rings. The molecule has 12 atom stereocenters. The van der Waals surface area contributed by atoms with Gasteiger partial charge in [-0.3, -0.25) is 0 Å². The van der Waals surface area contributed by atoms with Gasteiger partial charge in [-0.1, -0.05) is 33.6 Å². The van der Waals surface area contributed by atoms with Crippen molar-refractivity contribution in [3.05, 3.63) is 0 Å². The Hall–Kier alpha value is -0.280. The van der Waals surface area contributed by atoms with Crippen LogP contribution in [0.2, 0.25) is 0 Å². The van der Waals surface area contributed by atoms with E-state index in [1.165, 1.54) is 90.0 Å². The molecule has 266 valence electrons. The maximum Gasteiger partial charge on any atom is 0.0543 e. The molecule has 5 saturated carbocycles. The first-order chi connectivity index (χ1) is 22.4. The zero-order valence-electron chi connectivity index (χ0n) is 30.2. The highest BCUT2D eigenvalue weighted by atomic mass is 16.3. The molecule has 6 fully saturated rings. The molecule has 0 amide bonds. The summed E-state index contributed by atoms with van der Waals surface area (Å²) in [7, 11) is 0. The Labute approximate surface area is 283 Å². The maximum atomic E-state index is 10.4. The fourth-order valence-electron chi connectivity index (χ4n) is 12.5. The molecule has 1 heterocycles. The zero-order chi connectivity index (χ0) is 32.0. The first-order valence-electron chi connectivity index (χ1n) is 20.4. The second-order valence-corrected chi connectivity index (χ2v) is 17.6. The second kappa shape index (κ2) is 16.6. The van der Waals surface area contributed by atoms with E-state index in [0.29, 0.717) is 29.0 Å². The van der Waals surface area contributed by atoms with Gasteiger partial charge in [0.25, 0.3) is 0 Å². The molecule has 4 unspecified atom stereocenters. The van der Waals surface area contributed by atoms with Crippen molar-refractivity contribution < 1.29 is 5.11 Å². The Balaban J connectivity index is 0.951. The van der Waals surface area contributed by atoms with Crippen LogP contribution < -0.4 is 31.9 Å². The number of hydrogen-bond acceptors (Lipinski definition) is 7. The van der Waals surface area contributed by atoms with Crippen LogP contribution in [0, 0.1) is 46.3 Å². The van der Waals surface area contributed by atoms with E-state index in [4.69, 9.17) is 0 Å². The number of aliphatic hydroxyl groups excluding tert-OH is 1. The minimum Gasteiger partial charge on any atom is -0.393 e. The molecule has 1 aliphatic heterocycles. The Morgan fingerprint density at radius 2 is 1.43 bits per heavy atom. The van der Waals surface area contributed by atoms with Gasteiger partial charge in [-0.05, 0) is 143 Å². The van der Waals surface area contributed by atoms with Gasteiger partial charge in [-0.15, -0.1) is 0 Å². The summed E-state index contributed by atoms with van der Waals surface area (Å²) in [5.41, 5.74) is 1.03. The fraction of sp³-hybridized carbons (Fsp3) is 1.00. The minimum absolute atomic E-state index is 0.0308. The van der Waals surface area contributed by atoms with Crippen molar-refractivity contribution in [3.63, 3.8) is 0 Å². The van der Waals surface area contributed by atoms with Gasteiger partial charge in [0.15, 0.2) is 0 Å². The van der Waals surface area contributed by atoms with Gasteiger partial charge in [0.1, 0.15) is 0 Å². The molecule has 0 aromatic carbocycles. The SMILES string of the molecule is C[C@@H](CNCCC[C@H]1CN[C@@H]2CCCC[C@H]2NCCNCCNCCN1)[C@H]1CCC2C3CCC4C[C@H](O)CC[C@]4(C)C3CC[C@@]21C. The van der Waals surface area contributed by atoms with E-state index >= 15 is 0 Å². The Morgan fingerprint density at radius 3 is 2.24 bits per heavy atom. The molecule has 6 rings (SSSR count). The van der Waals surface area contributed by atoms with E-state index in [0.717, 1.165) is 101 Å². The largest absolute Gasteiger partial charge is 0.393 e. The molecule has 7 nitrogen and oxygen atoms in total. The van der Waals surface area contributed by atoms with Crippen LogP contribution in [0.3, 0.4) is 0 Å². The van der Waals surface area contributed by atoms with Crippen molar-refractivity contribution in [3.8, 4) is 0 Å². The van der Waals surface area contributed by atoms with Gasteiger partial charge in [-0.2, -0.15) is 0 Å². The lowest BCUT2D eigenvalue weighted by Crippen LogP contribution is -2.54. The summed E-state index contributed by atoms with van der Waals surface area (Å²) >= 11 is 0. The summed E-state index contributed by atoms with van der Waals surface area (Å²) in [6.45, 7) is 17.7. The number of fused-ring (bicyclic) bond motifs is 6. The van der Waals surface area contributed by atoms with E-state index in [1.54, 1.807) is 0 Å². The Kier molecular flexibility index (Phi) is 12.8. The molecule has 5 aliphatic carbocycles. The summed E-state index contributed by atoms with van der Waals surface area (Å²) < 4.78 is 0. The zero-order valence-corrected chi connectivity index (χ0v) is 30.2. The third-order valence-electron chi connectivity index (χ3n) is 15.1. The smallest absolute Gasteiger partial charge is 0.0543 e. The summed E-state index contributed by atoms with van der Waals surface area (Å²) in [5, 5.41) is 33.3. The number of nitrogens with one attached hydrogen (secondary N) is 6. The van der Waals surface area contributed by atoms with Crippen LogP contribution in [0.5, 0.6) is 0 Å². The van der Waals surface area contributed by atoms with Crippen molar-refractivity contribution in [2.75, 3.05) is 58.9 Å². The molecule has 1 saturated heterocycles. The maximum absolute atomic E-state index is 10.4. The quantitative estimate of drug-likeness (QED) is 0.204. The van der Waals surface area contributed by atoms with E-state index in [2.05, 4.69) is 52.7 Å². The predicted molar refractivity (Wildman–Crippen MR) is 192 cm³/mol. The summed E-state index contributed by atoms with van der Waals surface area (Å²) in [4.78, 5) is 0. The molecule has 7 heteroatoms. The first kappa shape index (κ1) is 35.5. The molecule has 0 radical (unpaired) electrons. The number of hydrogen-bond donors (Lipinski definition) is 7. The highest BCUT2D eigenvalue weighted by Crippen LogP contribution is 2.68. The molecule has 0 aromatic heterocycles. The lowest BCUT2D eigenvalue weighted by molar-refractivity contribution is -0.129. The Morgan fingerprint density at radius 1 is 0.739 bits per heavy atom. The molecule has 0 bridgehead atoms. The van der Waals surface area contributed by atoms with Crippen LogP contribution in [-0.2, 0) is 0 Å². The van der Waals surface area contributed by atoms with Crippen LogP contribution in [0.4, 0.5) is 0 Å². The van der Waals surface area contributed by atoms with Crippen LogP contribution in [0.25, 0.3) is 0 Å². The van der Waals surface area contributed by atoms with Gasteiger partial charge in [-0.25, -0.2) is 0 Å². The van der Waals surface area contributed by atoms with Crippen molar-refractivity contribution in [1.82, 2.24) is 31.9 Å². The highest BCUT2D eigenvalue weighted by Gasteiger charge is 2.60. The first-order valence-corrected chi connectivity index (χ1v) is 20.4. The molecule has 0 spiro atoms. The Bertz CT molecular complexity index is 921. The van der Waals surface area contributed by atoms with Gasteiger partial charge >= 0.3 is 0 Å². The van der Waals surface area contributed by atoms with Crippen molar-refractivity contribution in [2.45, 2.75) is 141 Å². The average molecular weight is 643 g/mol. The number of aliphatic hydroxyl groups is 1. The fourth-order valence-corrected chi connectivity index (χ4v) is 12.5. The van der Waals surface area contributed by atoms with Gasteiger partial charge < -0.3 is 37.0 Å². The van der Waals surface area contributed by atoms with Gasteiger partial charge in [0.2, 0.25) is 0 Å². The minimum atomic E-state index is -0.0308. The third-order valence-corrected chi connectivity index (χ3v) is 15.1. The summed E-state index contributed by atoms with van der Waals surface area (Å²) in [6.07, 6.45) is 19.8. The van der Waals surface area contributed by atoms with E-state index in [9.17, 15) is 5.11 Å².